The Morgan fingerprint density at radius 3 is 2.29 bits per heavy atom. The molecule has 0 aromatic carbocycles. The number of hydrogen-bond acceptors (Lipinski definition) is 3. The maximum Gasteiger partial charge on any atom is 0.225 e. The number of aliphatic hydroxyl groups is 1. The van der Waals surface area contributed by atoms with Crippen LogP contribution in [0.3, 0.4) is 0 Å². The molecule has 0 saturated carbocycles. The van der Waals surface area contributed by atoms with E-state index in [-0.39, 0.29) is 30.9 Å². The van der Waals surface area contributed by atoms with Crippen LogP contribution in [0.2, 0.25) is 0 Å². The second-order valence-electron chi connectivity index (χ2n) is 5.11. The Morgan fingerprint density at radius 2 is 1.88 bits per heavy atom. The van der Waals surface area contributed by atoms with Gasteiger partial charge in [-0.05, 0) is 6.42 Å². The summed E-state index contributed by atoms with van der Waals surface area (Å²) < 4.78 is 0. The van der Waals surface area contributed by atoms with Crippen molar-refractivity contribution in [2.24, 2.45) is 5.41 Å². The van der Waals surface area contributed by atoms with E-state index in [9.17, 15) is 9.59 Å². The molecule has 0 radical (unpaired) electrons. The summed E-state index contributed by atoms with van der Waals surface area (Å²) >= 11 is 0. The van der Waals surface area contributed by atoms with Gasteiger partial charge in [0, 0.05) is 18.4 Å². The molecule has 100 valence electrons. The zero-order valence-electron chi connectivity index (χ0n) is 11.2. The molecule has 0 aliphatic rings. The average molecular weight is 244 g/mol. The molecule has 0 heterocycles. The van der Waals surface area contributed by atoms with Gasteiger partial charge in [0.15, 0.2) is 0 Å². The largest absolute Gasteiger partial charge is 0.394 e. The fourth-order valence-electron chi connectivity index (χ4n) is 1.13. The van der Waals surface area contributed by atoms with Gasteiger partial charge in [-0.3, -0.25) is 9.59 Å². The van der Waals surface area contributed by atoms with Crippen molar-refractivity contribution in [1.29, 1.82) is 0 Å². The predicted octanol–water partition coefficient (Wildman–Crippen LogP) is 0.426. The van der Waals surface area contributed by atoms with Crippen molar-refractivity contribution in [2.45, 2.75) is 46.6 Å². The topological polar surface area (TPSA) is 78.4 Å². The number of carbonyl (C=O) groups is 2. The van der Waals surface area contributed by atoms with Crippen molar-refractivity contribution in [3.63, 3.8) is 0 Å². The summed E-state index contributed by atoms with van der Waals surface area (Å²) in [6, 6.07) is -0.194. The van der Waals surface area contributed by atoms with Crippen molar-refractivity contribution < 1.29 is 14.7 Å². The van der Waals surface area contributed by atoms with Crippen LogP contribution < -0.4 is 10.6 Å². The third-order valence-electron chi connectivity index (χ3n) is 2.40. The van der Waals surface area contributed by atoms with Crippen LogP contribution in [0.1, 0.15) is 40.5 Å². The number of aliphatic hydroxyl groups excluding tert-OH is 1. The monoisotopic (exact) mass is 244 g/mol. The predicted molar refractivity (Wildman–Crippen MR) is 66.4 cm³/mol. The lowest BCUT2D eigenvalue weighted by atomic mass is 9.96. The lowest BCUT2D eigenvalue weighted by Gasteiger charge is -2.18. The molecule has 2 amide bonds. The highest BCUT2D eigenvalue weighted by atomic mass is 16.3. The SMILES string of the molecule is CC[C@@H](CO)NC(=O)CCNC(=O)C(C)(C)C. The highest BCUT2D eigenvalue weighted by Gasteiger charge is 2.20. The first-order valence-corrected chi connectivity index (χ1v) is 5.99. The van der Waals surface area contributed by atoms with Crippen LogP contribution >= 0.6 is 0 Å². The first-order valence-electron chi connectivity index (χ1n) is 5.99. The van der Waals surface area contributed by atoms with Crippen LogP contribution in [0, 0.1) is 5.41 Å². The summed E-state index contributed by atoms with van der Waals surface area (Å²) in [6.45, 7) is 7.62. The van der Waals surface area contributed by atoms with E-state index < -0.39 is 5.41 Å². The van der Waals surface area contributed by atoms with Crippen molar-refractivity contribution in [2.75, 3.05) is 13.2 Å². The van der Waals surface area contributed by atoms with Gasteiger partial charge in [-0.15, -0.1) is 0 Å². The fourth-order valence-corrected chi connectivity index (χ4v) is 1.13. The first-order chi connectivity index (χ1) is 7.81. The summed E-state index contributed by atoms with van der Waals surface area (Å²) in [4.78, 5) is 22.9. The fraction of sp³-hybridized carbons (Fsp3) is 0.833. The van der Waals surface area contributed by atoms with Gasteiger partial charge in [-0.2, -0.15) is 0 Å². The molecule has 0 unspecified atom stereocenters. The van der Waals surface area contributed by atoms with Crippen molar-refractivity contribution in [1.82, 2.24) is 10.6 Å². The third-order valence-corrected chi connectivity index (χ3v) is 2.40. The molecular formula is C12H24N2O3. The highest BCUT2D eigenvalue weighted by Crippen LogP contribution is 2.11. The average Bonchev–Trinajstić information content (AvgIpc) is 2.24. The summed E-state index contributed by atoms with van der Waals surface area (Å²) in [7, 11) is 0. The van der Waals surface area contributed by atoms with Gasteiger partial charge in [0.2, 0.25) is 11.8 Å². The molecule has 0 aromatic heterocycles. The van der Waals surface area contributed by atoms with E-state index in [4.69, 9.17) is 5.11 Å². The van der Waals surface area contributed by atoms with E-state index in [1.807, 2.05) is 27.7 Å². The Morgan fingerprint density at radius 1 is 1.29 bits per heavy atom. The molecule has 0 aliphatic carbocycles. The molecule has 1 atom stereocenters. The third kappa shape index (κ3) is 6.94. The Kier molecular flexibility index (Phi) is 6.80. The van der Waals surface area contributed by atoms with Crippen LogP contribution in [0.15, 0.2) is 0 Å². The molecule has 0 rings (SSSR count). The Bertz CT molecular complexity index is 255. The lowest BCUT2D eigenvalue weighted by Crippen LogP contribution is -2.40. The molecule has 3 N–H and O–H groups in total. The number of hydrogen-bond donors (Lipinski definition) is 3. The summed E-state index contributed by atoms with van der Waals surface area (Å²) in [6.07, 6.45) is 0.926. The molecule has 0 spiro atoms. The van der Waals surface area contributed by atoms with Crippen molar-refractivity contribution >= 4 is 11.8 Å². The summed E-state index contributed by atoms with van der Waals surface area (Å²) in [5, 5.41) is 14.3. The second-order valence-corrected chi connectivity index (χ2v) is 5.11. The van der Waals surface area contributed by atoms with E-state index >= 15 is 0 Å². The zero-order valence-corrected chi connectivity index (χ0v) is 11.2. The van der Waals surface area contributed by atoms with Gasteiger partial charge in [0.25, 0.3) is 0 Å². The molecule has 0 fully saturated rings. The van der Waals surface area contributed by atoms with Gasteiger partial charge < -0.3 is 15.7 Å². The van der Waals surface area contributed by atoms with Crippen LogP contribution in [-0.2, 0) is 9.59 Å². The van der Waals surface area contributed by atoms with E-state index in [2.05, 4.69) is 10.6 Å². The number of amides is 2. The molecule has 0 aliphatic heterocycles. The standard InChI is InChI=1S/C12H24N2O3/c1-5-9(8-15)14-10(16)6-7-13-11(17)12(2,3)4/h9,15H,5-8H2,1-4H3,(H,13,17)(H,14,16)/t9-/m0/s1. The normalized spacial score (nSPS) is 13.0. The first kappa shape index (κ1) is 15.9. The Hall–Kier alpha value is -1.10. The second kappa shape index (κ2) is 7.27. The Labute approximate surface area is 103 Å². The zero-order chi connectivity index (χ0) is 13.5. The van der Waals surface area contributed by atoms with Crippen LogP contribution in [0.5, 0.6) is 0 Å². The molecule has 5 heteroatoms. The van der Waals surface area contributed by atoms with Crippen molar-refractivity contribution in [3.05, 3.63) is 0 Å². The minimum absolute atomic E-state index is 0.0589. The quantitative estimate of drug-likeness (QED) is 0.634. The highest BCUT2D eigenvalue weighted by molar-refractivity contribution is 5.82. The van der Waals surface area contributed by atoms with Gasteiger partial charge in [0.05, 0.1) is 12.6 Å². The minimum Gasteiger partial charge on any atom is -0.394 e. The maximum absolute atomic E-state index is 11.5. The van der Waals surface area contributed by atoms with E-state index in [1.54, 1.807) is 0 Å². The van der Waals surface area contributed by atoms with Gasteiger partial charge in [-0.1, -0.05) is 27.7 Å². The number of carbonyl (C=O) groups excluding carboxylic acids is 2. The van der Waals surface area contributed by atoms with Gasteiger partial charge in [0.1, 0.15) is 0 Å². The lowest BCUT2D eigenvalue weighted by molar-refractivity contribution is -0.128. The van der Waals surface area contributed by atoms with E-state index in [0.29, 0.717) is 13.0 Å². The number of nitrogens with one attached hydrogen (secondary N) is 2. The maximum atomic E-state index is 11.5. The summed E-state index contributed by atoms with van der Waals surface area (Å²) in [5.74, 6) is -0.223. The molecule has 0 bridgehead atoms. The van der Waals surface area contributed by atoms with Crippen LogP contribution in [-0.4, -0.2) is 36.1 Å². The van der Waals surface area contributed by atoms with Gasteiger partial charge in [-0.25, -0.2) is 0 Å². The number of rotatable bonds is 6. The van der Waals surface area contributed by atoms with E-state index in [0.717, 1.165) is 0 Å². The van der Waals surface area contributed by atoms with Crippen molar-refractivity contribution in [3.8, 4) is 0 Å². The minimum atomic E-state index is -0.437. The summed E-state index contributed by atoms with van der Waals surface area (Å²) in [5.41, 5.74) is -0.437. The van der Waals surface area contributed by atoms with Crippen LogP contribution in [0.25, 0.3) is 0 Å². The van der Waals surface area contributed by atoms with Crippen LogP contribution in [0.4, 0.5) is 0 Å². The molecule has 5 nitrogen and oxygen atoms in total. The smallest absolute Gasteiger partial charge is 0.225 e. The molecule has 0 saturated heterocycles. The van der Waals surface area contributed by atoms with E-state index in [1.165, 1.54) is 0 Å². The van der Waals surface area contributed by atoms with Gasteiger partial charge >= 0.3 is 0 Å². The Balaban J connectivity index is 3.83. The molecule has 0 aromatic rings. The molecular weight excluding hydrogens is 220 g/mol. The molecule has 17 heavy (non-hydrogen) atoms.